The zero-order chi connectivity index (χ0) is 27.6. The first-order chi connectivity index (χ1) is 17.5. The fourth-order valence-corrected chi connectivity index (χ4v) is 3.49. The van der Waals surface area contributed by atoms with E-state index in [-0.39, 0.29) is 37.2 Å². The Morgan fingerprint density at radius 2 is 1.59 bits per heavy atom. The second-order valence-corrected chi connectivity index (χ2v) is 9.39. The van der Waals surface area contributed by atoms with Crippen molar-refractivity contribution >= 4 is 23.5 Å². The standard InChI is InChI=1S/C24H38N4O9/c1-7-35-10-15-9-17(28-37-15)21(30)26-19(12-34-6)23(32)27-18(11-33-5)22(31)25-16(8-14(2)3)20(29)24(4)13-36-24/h9,14,16,18-19H,7-8,10-13H2,1-6H3,(H,25,31)(H,26,30)(H,27,32)/t16?,18?,19?,24-/m1/s1. The van der Waals surface area contributed by atoms with Crippen LogP contribution in [0.1, 0.15) is 50.4 Å². The molecule has 1 saturated heterocycles. The van der Waals surface area contributed by atoms with Crippen LogP contribution in [0.3, 0.4) is 0 Å². The van der Waals surface area contributed by atoms with Gasteiger partial charge in [0.1, 0.15) is 24.3 Å². The van der Waals surface area contributed by atoms with Crippen molar-refractivity contribution in [3.8, 4) is 0 Å². The molecule has 1 aliphatic heterocycles. The van der Waals surface area contributed by atoms with Gasteiger partial charge in [0.2, 0.25) is 11.8 Å². The molecule has 2 rings (SSSR count). The number of hydrogen-bond donors (Lipinski definition) is 3. The number of epoxide rings is 1. The van der Waals surface area contributed by atoms with Gasteiger partial charge >= 0.3 is 0 Å². The molecule has 4 atom stereocenters. The average molecular weight is 527 g/mol. The molecule has 13 nitrogen and oxygen atoms in total. The summed E-state index contributed by atoms with van der Waals surface area (Å²) in [4.78, 5) is 51.6. The molecule has 0 aliphatic carbocycles. The highest BCUT2D eigenvalue weighted by atomic mass is 16.6. The number of nitrogens with one attached hydrogen (secondary N) is 3. The Hall–Kier alpha value is -2.87. The van der Waals surface area contributed by atoms with E-state index in [9.17, 15) is 19.2 Å². The van der Waals surface area contributed by atoms with Crippen LogP contribution in [0.4, 0.5) is 0 Å². The lowest BCUT2D eigenvalue weighted by molar-refractivity contribution is -0.134. The molecular formula is C24H38N4O9. The van der Waals surface area contributed by atoms with Gasteiger partial charge in [-0.3, -0.25) is 19.2 Å². The van der Waals surface area contributed by atoms with Crippen LogP contribution in [0.2, 0.25) is 0 Å². The zero-order valence-corrected chi connectivity index (χ0v) is 22.3. The van der Waals surface area contributed by atoms with E-state index in [0.29, 0.717) is 25.4 Å². The van der Waals surface area contributed by atoms with Gasteiger partial charge < -0.3 is 39.4 Å². The first-order valence-electron chi connectivity index (χ1n) is 12.2. The molecule has 0 spiro atoms. The Labute approximate surface area is 216 Å². The Morgan fingerprint density at radius 1 is 1.03 bits per heavy atom. The summed E-state index contributed by atoms with van der Waals surface area (Å²) in [5.41, 5.74) is -0.953. The van der Waals surface area contributed by atoms with Crippen LogP contribution in [0.15, 0.2) is 10.6 Å². The van der Waals surface area contributed by atoms with Crippen LogP contribution in [0.25, 0.3) is 0 Å². The number of hydrogen-bond acceptors (Lipinski definition) is 10. The maximum absolute atomic E-state index is 13.1. The summed E-state index contributed by atoms with van der Waals surface area (Å²) in [7, 11) is 2.74. The molecular weight excluding hydrogens is 488 g/mol. The summed E-state index contributed by atoms with van der Waals surface area (Å²) in [5.74, 6) is -1.70. The number of Topliss-reactive ketones (excluding diaryl/α,β-unsaturated/α-hetero) is 1. The van der Waals surface area contributed by atoms with Crippen molar-refractivity contribution in [3.63, 3.8) is 0 Å². The molecule has 2 heterocycles. The number of carbonyl (C=O) groups is 4. The van der Waals surface area contributed by atoms with Crippen molar-refractivity contribution < 1.29 is 42.6 Å². The van der Waals surface area contributed by atoms with Gasteiger partial charge in [0.15, 0.2) is 17.2 Å². The van der Waals surface area contributed by atoms with Gasteiger partial charge in [-0.15, -0.1) is 0 Å². The van der Waals surface area contributed by atoms with Crippen LogP contribution in [0, 0.1) is 5.92 Å². The minimum atomic E-state index is -1.15. The van der Waals surface area contributed by atoms with Gasteiger partial charge in [0.05, 0.1) is 25.9 Å². The minimum Gasteiger partial charge on any atom is -0.382 e. The third kappa shape index (κ3) is 9.18. The Bertz CT molecular complexity index is 929. The monoisotopic (exact) mass is 526 g/mol. The van der Waals surface area contributed by atoms with E-state index in [0.717, 1.165) is 0 Å². The molecule has 37 heavy (non-hydrogen) atoms. The number of rotatable bonds is 17. The SMILES string of the molecule is CCOCc1cc(C(=O)NC(COC)C(=O)NC(COC)C(=O)NC(CC(C)C)C(=O)[C@@]2(C)CO2)no1. The van der Waals surface area contributed by atoms with Gasteiger partial charge in [-0.05, 0) is 26.2 Å². The van der Waals surface area contributed by atoms with Crippen LogP contribution in [-0.2, 0) is 39.9 Å². The van der Waals surface area contributed by atoms with Crippen molar-refractivity contribution in [3.05, 3.63) is 17.5 Å². The third-order valence-electron chi connectivity index (χ3n) is 5.60. The first-order valence-corrected chi connectivity index (χ1v) is 12.2. The van der Waals surface area contributed by atoms with Gasteiger partial charge in [-0.1, -0.05) is 19.0 Å². The highest BCUT2D eigenvalue weighted by Crippen LogP contribution is 2.29. The fourth-order valence-electron chi connectivity index (χ4n) is 3.49. The summed E-state index contributed by atoms with van der Waals surface area (Å²) < 4.78 is 25.7. The summed E-state index contributed by atoms with van der Waals surface area (Å²) in [6.45, 7) is 7.94. The van der Waals surface area contributed by atoms with Crippen molar-refractivity contribution in [2.24, 2.45) is 5.92 Å². The molecule has 0 aromatic carbocycles. The molecule has 0 saturated carbocycles. The zero-order valence-electron chi connectivity index (χ0n) is 22.3. The third-order valence-corrected chi connectivity index (χ3v) is 5.60. The van der Waals surface area contributed by atoms with E-state index >= 15 is 0 Å². The highest BCUT2D eigenvalue weighted by molar-refractivity contribution is 5.99. The molecule has 3 unspecified atom stereocenters. The Morgan fingerprint density at radius 3 is 2.11 bits per heavy atom. The largest absolute Gasteiger partial charge is 0.382 e. The highest BCUT2D eigenvalue weighted by Gasteiger charge is 2.50. The second kappa shape index (κ2) is 14.2. The predicted octanol–water partition coefficient (Wildman–Crippen LogP) is -0.0240. The Kier molecular flexibility index (Phi) is 11.6. The topological polar surface area (TPSA) is 171 Å². The maximum Gasteiger partial charge on any atom is 0.274 e. The van der Waals surface area contributed by atoms with Crippen LogP contribution in [-0.4, -0.2) is 93.0 Å². The van der Waals surface area contributed by atoms with Gasteiger partial charge in [-0.2, -0.15) is 0 Å². The number of nitrogens with zero attached hydrogens (tertiary/aromatic N) is 1. The molecule has 1 aromatic rings. The molecule has 0 radical (unpaired) electrons. The molecule has 3 N–H and O–H groups in total. The second-order valence-electron chi connectivity index (χ2n) is 9.39. The molecule has 3 amide bonds. The van der Waals surface area contributed by atoms with Crippen molar-refractivity contribution in [1.29, 1.82) is 0 Å². The average Bonchev–Trinajstić information content (AvgIpc) is 3.42. The number of aromatic nitrogens is 1. The molecule has 13 heteroatoms. The van der Waals surface area contributed by atoms with E-state index < -0.39 is 41.4 Å². The van der Waals surface area contributed by atoms with E-state index in [2.05, 4.69) is 21.1 Å². The van der Waals surface area contributed by atoms with Crippen molar-refractivity contribution in [2.75, 3.05) is 40.6 Å². The van der Waals surface area contributed by atoms with Crippen LogP contribution >= 0.6 is 0 Å². The molecule has 1 aliphatic rings. The van der Waals surface area contributed by atoms with E-state index in [4.69, 9.17) is 23.5 Å². The summed E-state index contributed by atoms with van der Waals surface area (Å²) in [6.07, 6.45) is 0.405. The van der Waals surface area contributed by atoms with Gasteiger partial charge in [-0.25, -0.2) is 0 Å². The van der Waals surface area contributed by atoms with Crippen molar-refractivity contribution in [1.82, 2.24) is 21.1 Å². The Balaban J connectivity index is 2.06. The fraction of sp³-hybridized carbons (Fsp3) is 0.708. The van der Waals surface area contributed by atoms with Crippen LogP contribution in [0.5, 0.6) is 0 Å². The van der Waals surface area contributed by atoms with Crippen molar-refractivity contribution in [2.45, 2.75) is 64.4 Å². The molecule has 1 aromatic heterocycles. The number of methoxy groups -OCH3 is 2. The van der Waals surface area contributed by atoms with E-state index in [1.807, 2.05) is 20.8 Å². The van der Waals surface area contributed by atoms with Crippen LogP contribution < -0.4 is 16.0 Å². The number of carbonyl (C=O) groups excluding carboxylic acids is 4. The summed E-state index contributed by atoms with van der Waals surface area (Å²) >= 11 is 0. The molecule has 1 fully saturated rings. The van der Waals surface area contributed by atoms with Gasteiger partial charge in [0.25, 0.3) is 5.91 Å². The lowest BCUT2D eigenvalue weighted by atomic mass is 9.93. The van der Waals surface area contributed by atoms with Gasteiger partial charge in [0, 0.05) is 26.9 Å². The maximum atomic E-state index is 13.1. The lowest BCUT2D eigenvalue weighted by Gasteiger charge is -2.26. The number of ketones is 1. The smallest absolute Gasteiger partial charge is 0.274 e. The lowest BCUT2D eigenvalue weighted by Crippen LogP contribution is -2.58. The summed E-state index contributed by atoms with van der Waals surface area (Å²) in [6, 6.07) is -1.66. The normalized spacial score (nSPS) is 19.1. The van der Waals surface area contributed by atoms with E-state index in [1.54, 1.807) is 6.92 Å². The minimum absolute atomic E-state index is 0.0411. The molecule has 0 bridgehead atoms. The summed E-state index contributed by atoms with van der Waals surface area (Å²) in [5, 5.41) is 11.5. The predicted molar refractivity (Wildman–Crippen MR) is 130 cm³/mol. The number of ether oxygens (including phenoxy) is 4. The molecule has 208 valence electrons. The van der Waals surface area contributed by atoms with E-state index in [1.165, 1.54) is 20.3 Å². The number of amides is 3. The first kappa shape index (κ1) is 30.4. The quantitative estimate of drug-likeness (QED) is 0.234.